The minimum atomic E-state index is -1.15. The van der Waals surface area contributed by atoms with Gasteiger partial charge in [-0.25, -0.2) is 0 Å². The lowest BCUT2D eigenvalue weighted by atomic mass is 9.73. The Kier molecular flexibility index (Phi) is 7.89. The summed E-state index contributed by atoms with van der Waals surface area (Å²) in [6.45, 7) is 9.51. The standard InChI is InChI=1S/C31H43N3O5/c1-18(2)21-10-12-22(13-11-21)32-28(35)25-24-14-15-31(39-24)26(25)30(37)34(16-7-17-38-5)27(31)29(36)33-23-9-6-8-19(3)20(23)4/h10-15,18-20,23-27H,6-9,16-17H2,1-5H3,(H,32,35)(H,33,36). The number of carbonyl (C=O) groups excluding carboxylic acids is 3. The topological polar surface area (TPSA) is 97.0 Å². The first-order chi connectivity index (χ1) is 18.7. The molecule has 1 saturated carbocycles. The number of nitrogens with one attached hydrogen (secondary N) is 2. The van der Waals surface area contributed by atoms with Gasteiger partial charge in [0.25, 0.3) is 0 Å². The van der Waals surface area contributed by atoms with Gasteiger partial charge in [-0.1, -0.05) is 64.8 Å². The van der Waals surface area contributed by atoms with Crippen molar-refractivity contribution in [1.29, 1.82) is 0 Å². The Balaban J connectivity index is 1.40. The average Bonchev–Trinajstić information content (AvgIpc) is 3.55. The van der Waals surface area contributed by atoms with Gasteiger partial charge in [0.05, 0.1) is 17.9 Å². The number of benzene rings is 1. The van der Waals surface area contributed by atoms with Crippen LogP contribution in [0.5, 0.6) is 0 Å². The van der Waals surface area contributed by atoms with Crippen LogP contribution < -0.4 is 10.6 Å². The quantitative estimate of drug-likeness (QED) is 0.368. The molecule has 0 aromatic heterocycles. The highest BCUT2D eigenvalue weighted by Crippen LogP contribution is 2.55. The molecule has 2 saturated heterocycles. The first kappa shape index (κ1) is 27.8. The molecule has 2 N–H and O–H groups in total. The fraction of sp³-hybridized carbons (Fsp3) is 0.645. The van der Waals surface area contributed by atoms with Crippen molar-refractivity contribution >= 4 is 23.4 Å². The molecule has 39 heavy (non-hydrogen) atoms. The van der Waals surface area contributed by atoms with E-state index in [9.17, 15) is 14.4 Å². The summed E-state index contributed by atoms with van der Waals surface area (Å²) in [6, 6.07) is 7.03. The lowest BCUT2D eigenvalue weighted by Crippen LogP contribution is -2.58. The molecule has 5 rings (SSSR count). The number of hydrogen-bond acceptors (Lipinski definition) is 5. The Morgan fingerprint density at radius 3 is 2.59 bits per heavy atom. The second kappa shape index (κ2) is 11.0. The third-order valence-electron chi connectivity index (χ3n) is 9.55. The van der Waals surface area contributed by atoms with Crippen LogP contribution in [0.25, 0.3) is 0 Å². The molecule has 3 heterocycles. The summed E-state index contributed by atoms with van der Waals surface area (Å²) in [6.07, 6.45) is 6.95. The molecule has 8 unspecified atom stereocenters. The van der Waals surface area contributed by atoms with Crippen LogP contribution in [0.1, 0.15) is 64.9 Å². The predicted octanol–water partition coefficient (Wildman–Crippen LogP) is 3.88. The minimum Gasteiger partial charge on any atom is -0.385 e. The molecule has 4 aliphatic rings. The summed E-state index contributed by atoms with van der Waals surface area (Å²) in [4.78, 5) is 43.2. The molecular weight excluding hydrogens is 494 g/mol. The van der Waals surface area contributed by atoms with Gasteiger partial charge in [-0.15, -0.1) is 0 Å². The van der Waals surface area contributed by atoms with Crippen molar-refractivity contribution in [3.05, 3.63) is 42.0 Å². The van der Waals surface area contributed by atoms with Gasteiger partial charge in [0, 0.05) is 32.0 Å². The SMILES string of the molecule is COCCCN1C(=O)C2C(C(=O)Nc3ccc(C(C)C)cc3)C3C=CC2(O3)C1C(=O)NC1CCCC(C)C1C. The van der Waals surface area contributed by atoms with Crippen molar-refractivity contribution in [3.63, 3.8) is 0 Å². The van der Waals surface area contributed by atoms with E-state index in [0.29, 0.717) is 43.0 Å². The lowest BCUT2D eigenvalue weighted by molar-refractivity contribution is -0.141. The van der Waals surface area contributed by atoms with Crippen LogP contribution in [0.4, 0.5) is 5.69 Å². The molecule has 1 aliphatic carbocycles. The predicted molar refractivity (Wildman–Crippen MR) is 149 cm³/mol. The van der Waals surface area contributed by atoms with Crippen molar-refractivity contribution in [2.24, 2.45) is 23.7 Å². The molecule has 212 valence electrons. The number of hydrogen-bond donors (Lipinski definition) is 2. The molecule has 2 bridgehead atoms. The van der Waals surface area contributed by atoms with E-state index in [1.165, 1.54) is 5.56 Å². The number of fused-ring (bicyclic) bond motifs is 1. The molecule has 3 fully saturated rings. The second-order valence-electron chi connectivity index (χ2n) is 12.2. The first-order valence-electron chi connectivity index (χ1n) is 14.6. The highest BCUT2D eigenvalue weighted by molar-refractivity contribution is 6.02. The number of anilines is 1. The summed E-state index contributed by atoms with van der Waals surface area (Å²) in [5.74, 6) is -0.821. The van der Waals surface area contributed by atoms with Crippen LogP contribution in [0.3, 0.4) is 0 Å². The first-order valence-corrected chi connectivity index (χ1v) is 14.6. The van der Waals surface area contributed by atoms with Gasteiger partial charge in [0.1, 0.15) is 11.6 Å². The van der Waals surface area contributed by atoms with Crippen LogP contribution in [0.15, 0.2) is 36.4 Å². The Labute approximate surface area is 231 Å². The molecule has 1 aromatic rings. The maximum absolute atomic E-state index is 14.0. The maximum Gasteiger partial charge on any atom is 0.246 e. The largest absolute Gasteiger partial charge is 0.385 e. The summed E-state index contributed by atoms with van der Waals surface area (Å²) >= 11 is 0. The lowest BCUT2D eigenvalue weighted by Gasteiger charge is -2.38. The number of carbonyl (C=O) groups is 3. The van der Waals surface area contributed by atoms with E-state index in [-0.39, 0.29) is 23.8 Å². The van der Waals surface area contributed by atoms with Gasteiger partial charge in [0.2, 0.25) is 17.7 Å². The number of ether oxygens (including phenoxy) is 2. The van der Waals surface area contributed by atoms with Crippen LogP contribution in [-0.2, 0) is 23.9 Å². The van der Waals surface area contributed by atoms with E-state index in [2.05, 4.69) is 38.3 Å². The van der Waals surface area contributed by atoms with Crippen molar-refractivity contribution in [2.75, 3.05) is 25.6 Å². The fourth-order valence-corrected chi connectivity index (χ4v) is 7.11. The Morgan fingerprint density at radius 2 is 1.90 bits per heavy atom. The zero-order valence-corrected chi connectivity index (χ0v) is 23.8. The highest BCUT2D eigenvalue weighted by atomic mass is 16.5. The monoisotopic (exact) mass is 537 g/mol. The zero-order chi connectivity index (χ0) is 27.9. The molecular formula is C31H43N3O5. The van der Waals surface area contributed by atoms with Crippen molar-refractivity contribution in [2.45, 2.75) is 83.1 Å². The number of methoxy groups -OCH3 is 1. The van der Waals surface area contributed by atoms with Gasteiger partial charge >= 0.3 is 0 Å². The van der Waals surface area contributed by atoms with Gasteiger partial charge < -0.3 is 25.0 Å². The molecule has 3 aliphatic heterocycles. The maximum atomic E-state index is 14.0. The van der Waals surface area contributed by atoms with E-state index >= 15 is 0 Å². The van der Waals surface area contributed by atoms with Crippen LogP contribution in [0.2, 0.25) is 0 Å². The molecule has 1 aromatic carbocycles. The molecule has 1 spiro atoms. The average molecular weight is 538 g/mol. The Morgan fingerprint density at radius 1 is 1.15 bits per heavy atom. The van der Waals surface area contributed by atoms with Gasteiger partial charge in [-0.3, -0.25) is 14.4 Å². The third-order valence-corrected chi connectivity index (χ3v) is 9.55. The van der Waals surface area contributed by atoms with E-state index in [4.69, 9.17) is 9.47 Å². The molecule has 8 atom stereocenters. The van der Waals surface area contributed by atoms with Crippen LogP contribution >= 0.6 is 0 Å². The molecule has 3 amide bonds. The Bertz CT molecular complexity index is 1120. The van der Waals surface area contributed by atoms with Gasteiger partial charge in [-0.2, -0.15) is 0 Å². The number of rotatable bonds is 9. The van der Waals surface area contributed by atoms with E-state index in [0.717, 1.165) is 19.3 Å². The number of nitrogens with zero attached hydrogens (tertiary/aromatic N) is 1. The Hall–Kier alpha value is -2.71. The smallest absolute Gasteiger partial charge is 0.246 e. The van der Waals surface area contributed by atoms with E-state index < -0.39 is 29.6 Å². The fourth-order valence-electron chi connectivity index (χ4n) is 7.11. The number of amides is 3. The van der Waals surface area contributed by atoms with Crippen molar-refractivity contribution in [3.8, 4) is 0 Å². The summed E-state index contributed by atoms with van der Waals surface area (Å²) in [7, 11) is 1.62. The van der Waals surface area contributed by atoms with E-state index in [1.807, 2.05) is 36.4 Å². The van der Waals surface area contributed by atoms with Crippen LogP contribution in [-0.4, -0.2) is 66.7 Å². The summed E-state index contributed by atoms with van der Waals surface area (Å²) in [5, 5.41) is 6.30. The summed E-state index contributed by atoms with van der Waals surface area (Å²) < 4.78 is 11.7. The third kappa shape index (κ3) is 4.91. The minimum absolute atomic E-state index is 0.0584. The highest BCUT2D eigenvalue weighted by Gasteiger charge is 2.72. The van der Waals surface area contributed by atoms with Crippen molar-refractivity contribution < 1.29 is 23.9 Å². The van der Waals surface area contributed by atoms with E-state index in [1.54, 1.807) is 12.0 Å². The summed E-state index contributed by atoms with van der Waals surface area (Å²) in [5.41, 5.74) is 0.722. The molecule has 8 heteroatoms. The zero-order valence-electron chi connectivity index (χ0n) is 23.8. The molecule has 8 nitrogen and oxygen atoms in total. The van der Waals surface area contributed by atoms with Gasteiger partial charge in [-0.05, 0) is 48.3 Å². The second-order valence-corrected chi connectivity index (χ2v) is 12.2. The van der Waals surface area contributed by atoms with Crippen molar-refractivity contribution in [1.82, 2.24) is 10.2 Å². The van der Waals surface area contributed by atoms with Crippen LogP contribution in [0, 0.1) is 23.7 Å². The number of likely N-dealkylation sites (tertiary alicyclic amines) is 1. The van der Waals surface area contributed by atoms with Gasteiger partial charge in [0.15, 0.2) is 0 Å². The normalized spacial score (nSPS) is 35.0. The molecule has 0 radical (unpaired) electrons.